The van der Waals surface area contributed by atoms with Gasteiger partial charge in [0.2, 0.25) is 0 Å². The first-order chi connectivity index (χ1) is 6.34. The Morgan fingerprint density at radius 1 is 1.29 bits per heavy atom. The summed E-state index contributed by atoms with van der Waals surface area (Å²) < 4.78 is 26.1. The second-order valence-corrected chi connectivity index (χ2v) is 5.67. The van der Waals surface area contributed by atoms with Crippen LogP contribution in [0.15, 0.2) is 0 Å². The van der Waals surface area contributed by atoms with Gasteiger partial charge in [0.05, 0.1) is 0 Å². The fourth-order valence-corrected chi connectivity index (χ4v) is 2.39. The van der Waals surface area contributed by atoms with Crippen molar-refractivity contribution in [2.45, 2.75) is 26.3 Å². The van der Waals surface area contributed by atoms with Gasteiger partial charge in [0.1, 0.15) is 0 Å². The molecule has 0 rings (SSSR count). The molecule has 0 aliphatic heterocycles. The van der Waals surface area contributed by atoms with Gasteiger partial charge < -0.3 is 5.11 Å². The Morgan fingerprint density at radius 3 is 2.07 bits per heavy atom. The molecular weight excluding hydrogens is 204 g/mol. The summed E-state index contributed by atoms with van der Waals surface area (Å²) in [4.78, 5) is 0. The Balaban J connectivity index is 4.65. The first-order valence-corrected chi connectivity index (χ1v) is 6.04. The van der Waals surface area contributed by atoms with Crippen molar-refractivity contribution in [2.24, 2.45) is 0 Å². The lowest BCUT2D eigenvalue weighted by Crippen LogP contribution is -2.44. The van der Waals surface area contributed by atoms with Gasteiger partial charge in [0.25, 0.3) is 10.2 Å². The molecule has 0 unspecified atom stereocenters. The van der Waals surface area contributed by atoms with Gasteiger partial charge in [-0.1, -0.05) is 0 Å². The van der Waals surface area contributed by atoms with Gasteiger partial charge in [-0.3, -0.25) is 0 Å². The van der Waals surface area contributed by atoms with Gasteiger partial charge in [-0.25, -0.2) is 0 Å². The lowest BCUT2D eigenvalue weighted by Gasteiger charge is -2.28. The molecule has 0 amide bonds. The Morgan fingerprint density at radius 2 is 1.79 bits per heavy atom. The van der Waals surface area contributed by atoms with E-state index in [1.165, 1.54) is 22.7 Å². The molecule has 14 heavy (non-hydrogen) atoms. The van der Waals surface area contributed by atoms with Crippen LogP contribution in [0.4, 0.5) is 0 Å². The minimum Gasteiger partial charge on any atom is -0.396 e. The third-order valence-electron chi connectivity index (χ3n) is 1.87. The van der Waals surface area contributed by atoms with Crippen LogP contribution in [0.5, 0.6) is 0 Å². The highest BCUT2D eigenvalue weighted by Gasteiger charge is 2.26. The van der Waals surface area contributed by atoms with Gasteiger partial charge >= 0.3 is 0 Å². The highest BCUT2D eigenvalue weighted by Crippen LogP contribution is 2.09. The number of aliphatic hydroxyl groups excluding tert-OH is 1. The molecule has 0 aromatic rings. The third kappa shape index (κ3) is 3.53. The van der Waals surface area contributed by atoms with Crippen LogP contribution in [0.3, 0.4) is 0 Å². The van der Waals surface area contributed by atoms with Gasteiger partial charge in [0, 0.05) is 33.3 Å². The molecule has 0 saturated carbocycles. The van der Waals surface area contributed by atoms with Crippen LogP contribution in [0, 0.1) is 0 Å². The van der Waals surface area contributed by atoms with Crippen molar-refractivity contribution in [2.75, 3.05) is 27.2 Å². The minimum atomic E-state index is -3.35. The predicted molar refractivity (Wildman–Crippen MR) is 56.2 cm³/mol. The van der Waals surface area contributed by atoms with E-state index in [0.717, 1.165) is 0 Å². The molecule has 6 heteroatoms. The average Bonchev–Trinajstić information content (AvgIpc) is 2.03. The molecule has 0 spiro atoms. The molecule has 1 N–H and O–H groups in total. The van der Waals surface area contributed by atoms with Gasteiger partial charge in [-0.15, -0.1) is 0 Å². The molecule has 0 heterocycles. The first kappa shape index (κ1) is 13.8. The number of hydrogen-bond donors (Lipinski definition) is 1. The molecule has 0 radical (unpaired) electrons. The van der Waals surface area contributed by atoms with Crippen LogP contribution in [0.2, 0.25) is 0 Å². The number of aliphatic hydroxyl groups is 1. The van der Waals surface area contributed by atoms with Crippen molar-refractivity contribution in [1.82, 2.24) is 8.61 Å². The molecular formula is C8H20N2O3S. The minimum absolute atomic E-state index is 0.00612. The van der Waals surface area contributed by atoms with E-state index in [9.17, 15) is 8.42 Å². The number of rotatable bonds is 6. The summed E-state index contributed by atoms with van der Waals surface area (Å²) in [7, 11) is -0.348. The number of hydrogen-bond acceptors (Lipinski definition) is 3. The van der Waals surface area contributed by atoms with E-state index in [2.05, 4.69) is 0 Å². The fraction of sp³-hybridized carbons (Fsp3) is 1.00. The largest absolute Gasteiger partial charge is 0.396 e. The van der Waals surface area contributed by atoms with Crippen molar-refractivity contribution in [1.29, 1.82) is 0 Å². The lowest BCUT2D eigenvalue weighted by molar-refractivity contribution is 0.253. The van der Waals surface area contributed by atoms with Crippen molar-refractivity contribution >= 4 is 10.2 Å². The smallest absolute Gasteiger partial charge is 0.281 e. The van der Waals surface area contributed by atoms with E-state index in [0.29, 0.717) is 13.0 Å². The average molecular weight is 224 g/mol. The normalized spacial score (nSPS) is 13.1. The van der Waals surface area contributed by atoms with Crippen LogP contribution >= 0.6 is 0 Å². The maximum Gasteiger partial charge on any atom is 0.281 e. The van der Waals surface area contributed by atoms with Crippen LogP contribution in [0.25, 0.3) is 0 Å². The third-order valence-corrected chi connectivity index (χ3v) is 3.99. The standard InChI is InChI=1S/C8H20N2O3S/c1-8(2)10(6-5-7-11)14(12,13)9(3)4/h8,11H,5-7H2,1-4H3. The van der Waals surface area contributed by atoms with Crippen molar-refractivity contribution in [3.8, 4) is 0 Å². The van der Waals surface area contributed by atoms with Crippen molar-refractivity contribution in [3.05, 3.63) is 0 Å². The molecule has 0 atom stereocenters. The van der Waals surface area contributed by atoms with E-state index in [1.807, 2.05) is 13.8 Å². The fourth-order valence-electron chi connectivity index (χ4n) is 1.08. The molecule has 0 aliphatic rings. The van der Waals surface area contributed by atoms with Gasteiger partial charge in [0.15, 0.2) is 0 Å². The zero-order valence-corrected chi connectivity index (χ0v) is 10.1. The van der Waals surface area contributed by atoms with E-state index in [1.54, 1.807) is 0 Å². The summed E-state index contributed by atoms with van der Waals surface area (Å²) in [6.07, 6.45) is 0.464. The second kappa shape index (κ2) is 5.65. The quantitative estimate of drug-likeness (QED) is 0.684. The summed E-state index contributed by atoms with van der Waals surface area (Å²) in [5, 5.41) is 8.67. The summed E-state index contributed by atoms with van der Waals surface area (Å²) in [6.45, 7) is 4.00. The first-order valence-electron chi connectivity index (χ1n) is 4.64. The highest BCUT2D eigenvalue weighted by atomic mass is 32.2. The molecule has 0 fully saturated rings. The Kier molecular flexibility index (Phi) is 5.58. The topological polar surface area (TPSA) is 60.9 Å². The van der Waals surface area contributed by atoms with Crippen LogP contribution in [0.1, 0.15) is 20.3 Å². The molecule has 5 nitrogen and oxygen atoms in total. The molecule has 0 aromatic heterocycles. The predicted octanol–water partition coefficient (Wildman–Crippen LogP) is -0.114. The van der Waals surface area contributed by atoms with E-state index >= 15 is 0 Å². The second-order valence-electron chi connectivity index (χ2n) is 3.57. The maximum absolute atomic E-state index is 11.7. The molecule has 0 aromatic carbocycles. The zero-order valence-electron chi connectivity index (χ0n) is 9.27. The Hall–Kier alpha value is -0.170. The summed E-state index contributed by atoms with van der Waals surface area (Å²) in [5.74, 6) is 0. The summed E-state index contributed by atoms with van der Waals surface area (Å²) >= 11 is 0. The van der Waals surface area contributed by atoms with Gasteiger partial charge in [-0.05, 0) is 20.3 Å². The summed E-state index contributed by atoms with van der Waals surface area (Å²) in [5.41, 5.74) is 0. The van der Waals surface area contributed by atoms with Crippen LogP contribution < -0.4 is 0 Å². The summed E-state index contributed by atoms with van der Waals surface area (Å²) in [6, 6.07) is -0.0889. The molecule has 0 aliphatic carbocycles. The monoisotopic (exact) mass is 224 g/mol. The van der Waals surface area contributed by atoms with E-state index in [4.69, 9.17) is 5.11 Å². The lowest BCUT2D eigenvalue weighted by atomic mass is 10.3. The SMILES string of the molecule is CC(C)N(CCCO)S(=O)(=O)N(C)C. The maximum atomic E-state index is 11.7. The van der Waals surface area contributed by atoms with Crippen LogP contribution in [-0.2, 0) is 10.2 Å². The van der Waals surface area contributed by atoms with E-state index in [-0.39, 0.29) is 12.6 Å². The van der Waals surface area contributed by atoms with Crippen molar-refractivity contribution < 1.29 is 13.5 Å². The highest BCUT2D eigenvalue weighted by molar-refractivity contribution is 7.86. The Bertz CT molecular complexity index is 249. The molecule has 86 valence electrons. The van der Waals surface area contributed by atoms with Crippen molar-refractivity contribution in [3.63, 3.8) is 0 Å². The van der Waals surface area contributed by atoms with Gasteiger partial charge in [-0.2, -0.15) is 17.0 Å². The molecule has 0 saturated heterocycles. The zero-order chi connectivity index (χ0) is 11.4. The van der Waals surface area contributed by atoms with Crippen LogP contribution in [-0.4, -0.2) is 55.4 Å². The Labute approximate surface area is 86.5 Å². The molecule has 0 bridgehead atoms. The van der Waals surface area contributed by atoms with E-state index < -0.39 is 10.2 Å². The number of nitrogens with zero attached hydrogens (tertiary/aromatic N) is 2.